The Bertz CT molecular complexity index is 246. The number of carbonyl (C=O) groups excluding carboxylic acids is 1. The lowest BCUT2D eigenvalue weighted by Gasteiger charge is -2.24. The molecule has 1 N–H and O–H groups in total. The molecule has 1 unspecified atom stereocenters. The Morgan fingerprint density at radius 1 is 1.18 bits per heavy atom. The van der Waals surface area contributed by atoms with Gasteiger partial charge in [-0.25, -0.2) is 0 Å². The number of halogens is 7. The van der Waals surface area contributed by atoms with E-state index < -0.39 is 30.2 Å². The van der Waals surface area contributed by atoms with Gasteiger partial charge in [0.25, 0.3) is 0 Å². The fourth-order valence-electron chi connectivity index (χ4n) is 1.02. The first kappa shape index (κ1) is 16.5. The number of alkyl halides is 7. The second-order valence-corrected chi connectivity index (χ2v) is 3.93. The third kappa shape index (κ3) is 5.13. The number of hydrogen-bond acceptors (Lipinski definition) is 1. The van der Waals surface area contributed by atoms with Crippen LogP contribution in [0.5, 0.6) is 0 Å². The maximum absolute atomic E-state index is 12.1. The molecule has 2 nitrogen and oxygen atoms in total. The van der Waals surface area contributed by atoms with Crippen molar-refractivity contribution in [3.05, 3.63) is 0 Å². The van der Waals surface area contributed by atoms with Crippen molar-refractivity contribution in [1.29, 1.82) is 0 Å². The SMILES string of the molecule is CCC(CBr)NC(=O)C(C(F)(F)F)C(F)(F)F. The van der Waals surface area contributed by atoms with Crippen molar-refractivity contribution in [2.75, 3.05) is 5.33 Å². The summed E-state index contributed by atoms with van der Waals surface area (Å²) >= 11 is 2.88. The highest BCUT2D eigenvalue weighted by Crippen LogP contribution is 2.39. The lowest BCUT2D eigenvalue weighted by molar-refractivity contribution is -0.274. The van der Waals surface area contributed by atoms with Crippen LogP contribution in [0.3, 0.4) is 0 Å². The van der Waals surface area contributed by atoms with Crippen molar-refractivity contribution >= 4 is 21.8 Å². The largest absolute Gasteiger partial charge is 0.409 e. The molecule has 1 atom stereocenters. The molecule has 0 heterocycles. The van der Waals surface area contributed by atoms with Gasteiger partial charge in [0.05, 0.1) is 0 Å². The molecule has 0 saturated carbocycles. The van der Waals surface area contributed by atoms with Crippen LogP contribution in [0.4, 0.5) is 26.3 Å². The molecule has 0 aromatic rings. The van der Waals surface area contributed by atoms with E-state index in [1.54, 1.807) is 5.32 Å². The zero-order chi connectivity index (χ0) is 13.9. The van der Waals surface area contributed by atoms with Gasteiger partial charge < -0.3 is 5.32 Å². The van der Waals surface area contributed by atoms with Crippen molar-refractivity contribution in [2.45, 2.75) is 31.7 Å². The topological polar surface area (TPSA) is 29.1 Å². The molecule has 0 rings (SSSR count). The van der Waals surface area contributed by atoms with E-state index in [2.05, 4.69) is 15.9 Å². The zero-order valence-electron chi connectivity index (χ0n) is 8.62. The third-order valence-electron chi connectivity index (χ3n) is 1.94. The van der Waals surface area contributed by atoms with Crippen molar-refractivity contribution in [3.63, 3.8) is 0 Å². The first-order valence-corrected chi connectivity index (χ1v) is 5.66. The number of carbonyl (C=O) groups is 1. The molecule has 0 radical (unpaired) electrons. The Hall–Kier alpha value is -0.470. The van der Waals surface area contributed by atoms with E-state index in [0.717, 1.165) is 0 Å². The number of hydrogen-bond donors (Lipinski definition) is 1. The second kappa shape index (κ2) is 5.92. The molecular formula is C8H10BrF6NO. The van der Waals surface area contributed by atoms with E-state index >= 15 is 0 Å². The van der Waals surface area contributed by atoms with E-state index in [-0.39, 0.29) is 11.8 Å². The Kier molecular flexibility index (Phi) is 5.76. The summed E-state index contributed by atoms with van der Waals surface area (Å²) in [5, 5.41) is 1.78. The van der Waals surface area contributed by atoms with Crippen LogP contribution in [0.15, 0.2) is 0 Å². The van der Waals surface area contributed by atoms with Crippen molar-refractivity contribution < 1.29 is 31.1 Å². The average Bonchev–Trinajstić information content (AvgIpc) is 2.09. The first-order valence-electron chi connectivity index (χ1n) is 4.53. The first-order chi connectivity index (χ1) is 7.54. The quantitative estimate of drug-likeness (QED) is 0.623. The standard InChI is InChI=1S/C8H10BrF6NO/c1-2-4(3-9)16-6(17)5(7(10,11)12)8(13,14)15/h4-5H,2-3H2,1H3,(H,16,17). The second-order valence-electron chi connectivity index (χ2n) is 3.28. The van der Waals surface area contributed by atoms with Crippen molar-refractivity contribution in [1.82, 2.24) is 5.32 Å². The molecule has 0 fully saturated rings. The molecule has 9 heteroatoms. The molecule has 0 aliphatic carbocycles. The lowest BCUT2D eigenvalue weighted by atomic mass is 10.1. The maximum Gasteiger partial charge on any atom is 0.409 e. The van der Waals surface area contributed by atoms with Gasteiger partial charge in [0.1, 0.15) is 0 Å². The third-order valence-corrected chi connectivity index (χ3v) is 2.72. The van der Waals surface area contributed by atoms with Crippen molar-refractivity contribution in [2.24, 2.45) is 5.92 Å². The molecule has 17 heavy (non-hydrogen) atoms. The summed E-state index contributed by atoms with van der Waals surface area (Å²) < 4.78 is 72.8. The summed E-state index contributed by atoms with van der Waals surface area (Å²) in [6.07, 6.45) is -11.1. The summed E-state index contributed by atoms with van der Waals surface area (Å²) in [5.74, 6) is -6.06. The number of amides is 1. The van der Waals surface area contributed by atoms with Gasteiger partial charge in [-0.2, -0.15) is 26.3 Å². The number of rotatable bonds is 4. The zero-order valence-corrected chi connectivity index (χ0v) is 10.2. The van der Waals surface area contributed by atoms with E-state index in [9.17, 15) is 31.1 Å². The van der Waals surface area contributed by atoms with Gasteiger partial charge in [0.2, 0.25) is 11.8 Å². The molecule has 0 saturated heterocycles. The molecule has 0 aromatic heterocycles. The van der Waals surface area contributed by atoms with Gasteiger partial charge in [0, 0.05) is 11.4 Å². The Balaban J connectivity index is 4.91. The normalized spacial score (nSPS) is 14.9. The molecule has 0 aromatic carbocycles. The summed E-state index contributed by atoms with van der Waals surface area (Å²) in [6, 6.07) is -0.769. The van der Waals surface area contributed by atoms with Gasteiger partial charge >= 0.3 is 12.4 Å². The van der Waals surface area contributed by atoms with Gasteiger partial charge in [-0.1, -0.05) is 22.9 Å². The summed E-state index contributed by atoms with van der Waals surface area (Å²) in [4.78, 5) is 11.0. The molecule has 0 bridgehead atoms. The lowest BCUT2D eigenvalue weighted by Crippen LogP contribution is -2.50. The summed E-state index contributed by atoms with van der Waals surface area (Å²) in [6.45, 7) is 1.53. The van der Waals surface area contributed by atoms with Gasteiger partial charge in [-0.15, -0.1) is 0 Å². The van der Waals surface area contributed by atoms with Gasteiger partial charge in [-0.05, 0) is 6.42 Å². The van der Waals surface area contributed by atoms with Gasteiger partial charge in [-0.3, -0.25) is 4.79 Å². The molecule has 0 aliphatic rings. The Labute approximate surface area is 102 Å². The van der Waals surface area contributed by atoms with E-state index in [0.29, 0.717) is 0 Å². The van der Waals surface area contributed by atoms with E-state index in [4.69, 9.17) is 0 Å². The van der Waals surface area contributed by atoms with Crippen LogP contribution in [-0.4, -0.2) is 29.6 Å². The minimum atomic E-state index is -5.65. The monoisotopic (exact) mass is 329 g/mol. The minimum Gasteiger partial charge on any atom is -0.352 e. The van der Waals surface area contributed by atoms with E-state index in [1.165, 1.54) is 6.92 Å². The van der Waals surface area contributed by atoms with Crippen LogP contribution in [0.2, 0.25) is 0 Å². The fourth-order valence-corrected chi connectivity index (χ4v) is 1.64. The average molecular weight is 330 g/mol. The Morgan fingerprint density at radius 2 is 1.59 bits per heavy atom. The molecule has 1 amide bonds. The van der Waals surface area contributed by atoms with Crippen LogP contribution < -0.4 is 5.32 Å². The van der Waals surface area contributed by atoms with Crippen LogP contribution in [0.1, 0.15) is 13.3 Å². The Morgan fingerprint density at radius 3 is 1.82 bits per heavy atom. The molecule has 0 spiro atoms. The number of nitrogens with one attached hydrogen (secondary N) is 1. The molecule has 0 aliphatic heterocycles. The predicted molar refractivity (Wildman–Crippen MR) is 51.6 cm³/mol. The highest BCUT2D eigenvalue weighted by Gasteiger charge is 2.61. The van der Waals surface area contributed by atoms with Crippen LogP contribution >= 0.6 is 15.9 Å². The van der Waals surface area contributed by atoms with E-state index in [1.807, 2.05) is 0 Å². The predicted octanol–water partition coefficient (Wildman–Crippen LogP) is 3.02. The highest BCUT2D eigenvalue weighted by atomic mass is 79.9. The summed E-state index contributed by atoms with van der Waals surface area (Å²) in [7, 11) is 0. The smallest absolute Gasteiger partial charge is 0.352 e. The van der Waals surface area contributed by atoms with Crippen molar-refractivity contribution in [3.8, 4) is 0 Å². The van der Waals surface area contributed by atoms with Crippen LogP contribution in [-0.2, 0) is 4.79 Å². The molecular weight excluding hydrogens is 320 g/mol. The maximum atomic E-state index is 12.1. The minimum absolute atomic E-state index is 0.0810. The van der Waals surface area contributed by atoms with Gasteiger partial charge in [0.15, 0.2) is 0 Å². The van der Waals surface area contributed by atoms with Crippen LogP contribution in [0.25, 0.3) is 0 Å². The van der Waals surface area contributed by atoms with Crippen LogP contribution in [0, 0.1) is 5.92 Å². The highest BCUT2D eigenvalue weighted by molar-refractivity contribution is 9.09. The molecule has 102 valence electrons. The summed E-state index contributed by atoms with van der Waals surface area (Å²) in [5.41, 5.74) is 0. The fraction of sp³-hybridized carbons (Fsp3) is 0.875.